The van der Waals surface area contributed by atoms with Crippen LogP contribution in [-0.2, 0) is 4.79 Å². The summed E-state index contributed by atoms with van der Waals surface area (Å²) in [5, 5.41) is 3.24. The number of nitrogens with zero attached hydrogens (tertiary/aromatic N) is 2. The van der Waals surface area contributed by atoms with Crippen molar-refractivity contribution >= 4 is 11.6 Å². The monoisotopic (exact) mass is 247 g/mol. The van der Waals surface area contributed by atoms with Crippen LogP contribution in [-0.4, -0.2) is 35.4 Å². The predicted octanol–water partition coefficient (Wildman–Crippen LogP) is 2.04. The van der Waals surface area contributed by atoms with Crippen molar-refractivity contribution in [1.29, 1.82) is 0 Å². The lowest BCUT2D eigenvalue weighted by atomic mass is 10.1. The normalized spacial score (nSPS) is 14.9. The Kier molecular flexibility index (Phi) is 3.84. The number of anilines is 1. The molecular formula is C14H21N3O. The summed E-state index contributed by atoms with van der Waals surface area (Å²) >= 11 is 0. The Morgan fingerprint density at radius 2 is 2.00 bits per heavy atom. The van der Waals surface area contributed by atoms with E-state index in [9.17, 15) is 4.79 Å². The second-order valence-corrected chi connectivity index (χ2v) is 4.96. The molecule has 0 aliphatic carbocycles. The minimum atomic E-state index is 0.194. The highest BCUT2D eigenvalue weighted by molar-refractivity contribution is 5.81. The Labute approximate surface area is 108 Å². The molecule has 0 spiro atoms. The molecule has 0 aromatic carbocycles. The zero-order chi connectivity index (χ0) is 13.1. The van der Waals surface area contributed by atoms with Crippen LogP contribution < -0.4 is 5.32 Å². The summed E-state index contributed by atoms with van der Waals surface area (Å²) in [6, 6.07) is 2.00. The Morgan fingerprint density at radius 1 is 1.33 bits per heavy atom. The highest BCUT2D eigenvalue weighted by Gasteiger charge is 2.17. The minimum Gasteiger partial charge on any atom is -0.376 e. The molecular weight excluding hydrogens is 226 g/mol. The number of amides is 1. The molecule has 0 saturated carbocycles. The van der Waals surface area contributed by atoms with Gasteiger partial charge < -0.3 is 10.2 Å². The van der Waals surface area contributed by atoms with Crippen molar-refractivity contribution in [3.8, 4) is 0 Å². The van der Waals surface area contributed by atoms with Crippen molar-refractivity contribution in [2.24, 2.45) is 0 Å². The Balaban J connectivity index is 1.99. The number of hydrogen-bond acceptors (Lipinski definition) is 3. The second-order valence-electron chi connectivity index (χ2n) is 4.96. The molecule has 1 saturated heterocycles. The van der Waals surface area contributed by atoms with E-state index in [-0.39, 0.29) is 5.91 Å². The maximum atomic E-state index is 11.9. The van der Waals surface area contributed by atoms with Gasteiger partial charge in [-0.1, -0.05) is 0 Å². The van der Waals surface area contributed by atoms with E-state index in [2.05, 4.69) is 10.3 Å². The molecule has 1 aliphatic heterocycles. The number of rotatable bonds is 3. The third-order valence-electron chi connectivity index (χ3n) is 3.53. The van der Waals surface area contributed by atoms with E-state index < -0.39 is 0 Å². The van der Waals surface area contributed by atoms with Crippen LogP contribution in [0, 0.1) is 20.8 Å². The smallest absolute Gasteiger partial charge is 0.241 e. The first-order chi connectivity index (χ1) is 8.58. The van der Waals surface area contributed by atoms with Crippen molar-refractivity contribution in [1.82, 2.24) is 9.88 Å². The number of likely N-dealkylation sites (tertiary alicyclic amines) is 1. The van der Waals surface area contributed by atoms with Crippen molar-refractivity contribution in [3.05, 3.63) is 23.0 Å². The average molecular weight is 247 g/mol. The van der Waals surface area contributed by atoms with Gasteiger partial charge >= 0.3 is 0 Å². The molecule has 98 valence electrons. The first-order valence-corrected chi connectivity index (χ1v) is 6.54. The first-order valence-electron chi connectivity index (χ1n) is 6.54. The average Bonchev–Trinajstić information content (AvgIpc) is 2.85. The summed E-state index contributed by atoms with van der Waals surface area (Å²) in [7, 11) is 0. The van der Waals surface area contributed by atoms with E-state index in [0.717, 1.165) is 48.6 Å². The van der Waals surface area contributed by atoms with Gasteiger partial charge in [0.2, 0.25) is 5.91 Å². The van der Waals surface area contributed by atoms with Gasteiger partial charge in [0, 0.05) is 30.2 Å². The second kappa shape index (κ2) is 5.38. The van der Waals surface area contributed by atoms with Crippen molar-refractivity contribution in [2.75, 3.05) is 25.0 Å². The number of pyridine rings is 1. The van der Waals surface area contributed by atoms with Gasteiger partial charge in [-0.2, -0.15) is 0 Å². The molecule has 0 radical (unpaired) electrons. The van der Waals surface area contributed by atoms with Gasteiger partial charge in [0.25, 0.3) is 0 Å². The quantitative estimate of drug-likeness (QED) is 0.889. The summed E-state index contributed by atoms with van der Waals surface area (Å²) in [5.41, 5.74) is 4.14. The molecule has 0 unspecified atom stereocenters. The number of aryl methyl sites for hydroxylation is 2. The van der Waals surface area contributed by atoms with E-state index in [1.165, 1.54) is 0 Å². The fourth-order valence-corrected chi connectivity index (χ4v) is 2.33. The number of carbonyl (C=O) groups excluding carboxylic acids is 1. The summed E-state index contributed by atoms with van der Waals surface area (Å²) < 4.78 is 0. The van der Waals surface area contributed by atoms with Crippen LogP contribution in [0.1, 0.15) is 29.8 Å². The topological polar surface area (TPSA) is 45.2 Å². The number of carbonyl (C=O) groups is 1. The van der Waals surface area contributed by atoms with Crippen LogP contribution in [0.3, 0.4) is 0 Å². The summed E-state index contributed by atoms with van der Waals surface area (Å²) in [6.07, 6.45) is 2.27. The van der Waals surface area contributed by atoms with E-state index in [1.807, 2.05) is 31.7 Å². The lowest BCUT2D eigenvalue weighted by Gasteiger charge is -2.17. The van der Waals surface area contributed by atoms with Crippen LogP contribution >= 0.6 is 0 Å². The molecule has 0 bridgehead atoms. The third kappa shape index (κ3) is 2.81. The molecule has 4 heteroatoms. The number of nitrogens with one attached hydrogen (secondary N) is 1. The zero-order valence-corrected chi connectivity index (χ0v) is 11.4. The van der Waals surface area contributed by atoms with Crippen LogP contribution in [0.25, 0.3) is 0 Å². The van der Waals surface area contributed by atoms with E-state index in [4.69, 9.17) is 0 Å². The molecule has 1 aliphatic rings. The maximum Gasteiger partial charge on any atom is 0.241 e. The van der Waals surface area contributed by atoms with Gasteiger partial charge in [0.05, 0.1) is 6.54 Å². The molecule has 1 aromatic heterocycles. The van der Waals surface area contributed by atoms with Gasteiger partial charge in [0.15, 0.2) is 0 Å². The van der Waals surface area contributed by atoms with Crippen molar-refractivity contribution < 1.29 is 4.79 Å². The molecule has 1 fully saturated rings. The highest BCUT2D eigenvalue weighted by Crippen LogP contribution is 2.18. The zero-order valence-electron chi connectivity index (χ0n) is 11.4. The molecule has 1 N–H and O–H groups in total. The largest absolute Gasteiger partial charge is 0.376 e. The predicted molar refractivity (Wildman–Crippen MR) is 72.8 cm³/mol. The molecule has 2 heterocycles. The van der Waals surface area contributed by atoms with Gasteiger partial charge in [0.1, 0.15) is 0 Å². The summed E-state index contributed by atoms with van der Waals surface area (Å²) in [5.74, 6) is 0.194. The SMILES string of the molecule is Cc1cc(NCC(=O)N2CCCC2)c(C)c(C)n1. The Bertz CT molecular complexity index is 451. The van der Waals surface area contributed by atoms with Crippen LogP contribution in [0.5, 0.6) is 0 Å². The number of aromatic nitrogens is 1. The Hall–Kier alpha value is -1.58. The van der Waals surface area contributed by atoms with E-state index >= 15 is 0 Å². The Morgan fingerprint density at radius 3 is 2.67 bits per heavy atom. The van der Waals surface area contributed by atoms with Gasteiger partial charge in [-0.25, -0.2) is 0 Å². The molecule has 0 atom stereocenters. The van der Waals surface area contributed by atoms with E-state index in [1.54, 1.807) is 0 Å². The van der Waals surface area contributed by atoms with Crippen molar-refractivity contribution in [2.45, 2.75) is 33.6 Å². The lowest BCUT2D eigenvalue weighted by molar-refractivity contribution is -0.128. The molecule has 2 rings (SSSR count). The van der Waals surface area contributed by atoms with Gasteiger partial charge in [-0.15, -0.1) is 0 Å². The van der Waals surface area contributed by atoms with Crippen LogP contribution in [0.2, 0.25) is 0 Å². The fraction of sp³-hybridized carbons (Fsp3) is 0.571. The lowest BCUT2D eigenvalue weighted by Crippen LogP contribution is -2.33. The van der Waals surface area contributed by atoms with Crippen molar-refractivity contribution in [3.63, 3.8) is 0 Å². The van der Waals surface area contributed by atoms with Crippen LogP contribution in [0.4, 0.5) is 5.69 Å². The highest BCUT2D eigenvalue weighted by atomic mass is 16.2. The standard InChI is InChI=1S/C14H21N3O/c1-10-8-13(11(2)12(3)16-10)15-9-14(18)17-6-4-5-7-17/h8H,4-7,9H2,1-3H3,(H,15,16). The van der Waals surface area contributed by atoms with Gasteiger partial charge in [-0.3, -0.25) is 9.78 Å². The van der Waals surface area contributed by atoms with Crippen LogP contribution in [0.15, 0.2) is 6.07 Å². The number of hydrogen-bond donors (Lipinski definition) is 1. The summed E-state index contributed by atoms with van der Waals surface area (Å²) in [4.78, 5) is 18.3. The molecule has 1 aromatic rings. The first kappa shape index (κ1) is 12.9. The fourth-order valence-electron chi connectivity index (χ4n) is 2.33. The summed E-state index contributed by atoms with van der Waals surface area (Å²) in [6.45, 7) is 8.20. The third-order valence-corrected chi connectivity index (χ3v) is 3.53. The maximum absolute atomic E-state index is 11.9. The molecule has 18 heavy (non-hydrogen) atoms. The van der Waals surface area contributed by atoms with Gasteiger partial charge in [-0.05, 0) is 45.2 Å². The van der Waals surface area contributed by atoms with E-state index in [0.29, 0.717) is 6.54 Å². The minimum absolute atomic E-state index is 0.194. The molecule has 1 amide bonds. The molecule has 4 nitrogen and oxygen atoms in total.